The molecule has 0 saturated carbocycles. The number of benzene rings is 1. The van der Waals surface area contributed by atoms with E-state index in [-0.39, 0.29) is 37.8 Å². The smallest absolute Gasteiger partial charge is 0.426 e. The second-order valence-corrected chi connectivity index (χ2v) is 5.86. The van der Waals surface area contributed by atoms with Gasteiger partial charge in [-0.1, -0.05) is 15.9 Å². The van der Waals surface area contributed by atoms with Gasteiger partial charge in [0.05, 0.1) is 17.7 Å². The first-order chi connectivity index (χ1) is 11.4. The zero-order valence-electron chi connectivity index (χ0n) is 12.9. The van der Waals surface area contributed by atoms with Crippen LogP contribution >= 0.6 is 15.9 Å². The van der Waals surface area contributed by atoms with E-state index in [1.165, 1.54) is 0 Å². The lowest BCUT2D eigenvalue weighted by molar-refractivity contribution is -0.122. The van der Waals surface area contributed by atoms with Crippen LogP contribution in [0, 0.1) is 0 Å². The highest BCUT2D eigenvalue weighted by atomic mass is 79.9. The van der Waals surface area contributed by atoms with Crippen molar-refractivity contribution in [1.82, 2.24) is 15.8 Å². The summed E-state index contributed by atoms with van der Waals surface area (Å²) in [6, 6.07) is 4.89. The lowest BCUT2D eigenvalue weighted by Gasteiger charge is -2.13. The van der Waals surface area contributed by atoms with Crippen LogP contribution in [0.15, 0.2) is 22.7 Å². The van der Waals surface area contributed by atoms with Crippen LogP contribution in [0.3, 0.4) is 0 Å². The van der Waals surface area contributed by atoms with Gasteiger partial charge in [0.1, 0.15) is 0 Å². The molecule has 1 aromatic carbocycles. The summed E-state index contributed by atoms with van der Waals surface area (Å²) < 4.78 is 5.30. The molecule has 8 nitrogen and oxygen atoms in total. The summed E-state index contributed by atoms with van der Waals surface area (Å²) in [7, 11) is 0. The van der Waals surface area contributed by atoms with Crippen LogP contribution in [0.5, 0.6) is 0 Å². The van der Waals surface area contributed by atoms with Gasteiger partial charge in [-0.2, -0.15) is 0 Å². The van der Waals surface area contributed by atoms with Crippen LogP contribution in [-0.2, 0) is 9.53 Å². The van der Waals surface area contributed by atoms with Crippen molar-refractivity contribution in [2.24, 2.45) is 0 Å². The van der Waals surface area contributed by atoms with E-state index in [4.69, 9.17) is 0 Å². The zero-order chi connectivity index (χ0) is 17.7. The van der Waals surface area contributed by atoms with Crippen molar-refractivity contribution in [2.75, 3.05) is 13.2 Å². The topological polar surface area (TPSA) is 105 Å². The molecule has 0 atom stereocenters. The molecule has 1 aliphatic heterocycles. The molecule has 0 saturated heterocycles. The number of nitrogens with zero attached hydrogens (tertiary/aromatic N) is 1. The maximum atomic E-state index is 12.2. The number of halogens is 1. The Morgan fingerprint density at radius 2 is 1.88 bits per heavy atom. The fraction of sp³-hybridized carbons (Fsp3) is 0.333. The maximum Gasteiger partial charge on any atom is 0.426 e. The van der Waals surface area contributed by atoms with Crippen molar-refractivity contribution < 1.29 is 23.9 Å². The normalized spacial score (nSPS) is 12.8. The summed E-state index contributed by atoms with van der Waals surface area (Å²) in [6.07, 6.45) is -0.427. The van der Waals surface area contributed by atoms with E-state index in [1.54, 1.807) is 25.1 Å². The van der Waals surface area contributed by atoms with E-state index < -0.39 is 12.0 Å². The van der Waals surface area contributed by atoms with Crippen molar-refractivity contribution >= 4 is 39.7 Å². The highest BCUT2D eigenvalue weighted by Crippen LogP contribution is 2.26. The van der Waals surface area contributed by atoms with Crippen LogP contribution in [-0.4, -0.2) is 41.9 Å². The number of hydrogen-bond acceptors (Lipinski definition) is 5. The van der Waals surface area contributed by atoms with E-state index in [0.29, 0.717) is 15.6 Å². The summed E-state index contributed by atoms with van der Waals surface area (Å²) in [6.45, 7) is 1.95. The Hall–Kier alpha value is -2.42. The molecule has 2 rings (SSSR count). The second kappa shape index (κ2) is 7.91. The van der Waals surface area contributed by atoms with Gasteiger partial charge < -0.3 is 4.74 Å². The number of nitrogens with one attached hydrogen (secondary N) is 2. The molecule has 1 heterocycles. The average Bonchev–Trinajstić information content (AvgIpc) is 2.77. The van der Waals surface area contributed by atoms with Crippen molar-refractivity contribution in [3.8, 4) is 0 Å². The number of carbonyl (C=O) groups is 4. The van der Waals surface area contributed by atoms with E-state index >= 15 is 0 Å². The van der Waals surface area contributed by atoms with Crippen molar-refractivity contribution in [3.63, 3.8) is 0 Å². The largest absolute Gasteiger partial charge is 0.449 e. The molecule has 0 bridgehead atoms. The molecule has 0 radical (unpaired) electrons. The molecule has 1 aliphatic rings. The molecule has 0 unspecified atom stereocenters. The molecular formula is C15H16BrN3O5. The predicted octanol–water partition coefficient (Wildman–Crippen LogP) is 1.60. The number of hydrazine groups is 1. The van der Waals surface area contributed by atoms with Gasteiger partial charge in [-0.3, -0.25) is 24.7 Å². The van der Waals surface area contributed by atoms with Gasteiger partial charge in [0.25, 0.3) is 11.8 Å². The third-order valence-corrected chi connectivity index (χ3v) is 3.79. The first-order valence-corrected chi connectivity index (χ1v) is 8.10. The van der Waals surface area contributed by atoms with Crippen LogP contribution in [0.1, 0.15) is 40.5 Å². The molecule has 1 aromatic rings. The zero-order valence-corrected chi connectivity index (χ0v) is 14.5. The van der Waals surface area contributed by atoms with Gasteiger partial charge in [-0.25, -0.2) is 10.2 Å². The fourth-order valence-electron chi connectivity index (χ4n) is 2.21. The summed E-state index contributed by atoms with van der Waals surface area (Å²) in [4.78, 5) is 48.1. The third-order valence-electron chi connectivity index (χ3n) is 3.30. The molecule has 24 heavy (non-hydrogen) atoms. The molecule has 128 valence electrons. The van der Waals surface area contributed by atoms with Gasteiger partial charge in [0, 0.05) is 17.4 Å². The maximum absolute atomic E-state index is 12.2. The summed E-state index contributed by atoms with van der Waals surface area (Å²) in [5.74, 6) is -1.18. The van der Waals surface area contributed by atoms with E-state index in [2.05, 4.69) is 31.5 Å². The summed E-state index contributed by atoms with van der Waals surface area (Å²) in [5, 5.41) is 0. The van der Waals surface area contributed by atoms with Crippen molar-refractivity contribution in [3.05, 3.63) is 33.8 Å². The highest BCUT2D eigenvalue weighted by Gasteiger charge is 2.35. The first kappa shape index (κ1) is 17.9. The molecule has 0 fully saturated rings. The highest BCUT2D eigenvalue weighted by molar-refractivity contribution is 9.10. The Kier molecular flexibility index (Phi) is 5.91. The second-order valence-electron chi connectivity index (χ2n) is 4.95. The Bertz CT molecular complexity index is 692. The van der Waals surface area contributed by atoms with Gasteiger partial charge in [-0.15, -0.1) is 0 Å². The quantitative estimate of drug-likeness (QED) is 0.579. The first-order valence-electron chi connectivity index (χ1n) is 7.31. The van der Waals surface area contributed by atoms with Crippen LogP contribution in [0.25, 0.3) is 0 Å². The van der Waals surface area contributed by atoms with Gasteiger partial charge in [0.2, 0.25) is 5.91 Å². The number of hydrogen-bond donors (Lipinski definition) is 2. The Morgan fingerprint density at radius 1 is 1.17 bits per heavy atom. The Labute approximate surface area is 146 Å². The number of fused-ring (bicyclic) bond motifs is 1. The molecular weight excluding hydrogens is 382 g/mol. The van der Waals surface area contributed by atoms with Gasteiger partial charge >= 0.3 is 6.09 Å². The van der Waals surface area contributed by atoms with E-state index in [9.17, 15) is 19.2 Å². The number of ether oxygens (including phenoxy) is 1. The number of imide groups is 1. The molecule has 9 heteroatoms. The Balaban J connectivity index is 1.81. The average molecular weight is 398 g/mol. The molecule has 4 amide bonds. The van der Waals surface area contributed by atoms with Crippen LogP contribution in [0.4, 0.5) is 4.79 Å². The Morgan fingerprint density at radius 3 is 2.58 bits per heavy atom. The number of amides is 4. The number of rotatable bonds is 5. The van der Waals surface area contributed by atoms with E-state index in [1.807, 2.05) is 0 Å². The SMILES string of the molecule is CCOC(=O)NNC(=O)CCCN1C(=O)c2ccc(Br)cc2C1=O. The molecule has 2 N–H and O–H groups in total. The van der Waals surface area contributed by atoms with Crippen LogP contribution in [0.2, 0.25) is 0 Å². The molecule has 0 aromatic heterocycles. The van der Waals surface area contributed by atoms with Crippen LogP contribution < -0.4 is 10.9 Å². The monoisotopic (exact) mass is 397 g/mol. The van der Waals surface area contributed by atoms with Gasteiger partial charge in [-0.05, 0) is 31.5 Å². The standard InChI is InChI=1S/C15H16BrN3O5/c1-2-24-15(23)18-17-12(20)4-3-7-19-13(21)10-6-5-9(16)8-11(10)14(19)22/h5-6,8H,2-4,7H2,1H3,(H,17,20)(H,18,23). The van der Waals surface area contributed by atoms with Crippen molar-refractivity contribution in [2.45, 2.75) is 19.8 Å². The fourth-order valence-corrected chi connectivity index (χ4v) is 2.58. The lowest BCUT2D eigenvalue weighted by atomic mass is 10.1. The predicted molar refractivity (Wildman–Crippen MR) is 87.0 cm³/mol. The molecule has 0 aliphatic carbocycles. The molecule has 0 spiro atoms. The minimum atomic E-state index is -0.753. The summed E-state index contributed by atoms with van der Waals surface area (Å²) in [5.41, 5.74) is 4.98. The minimum absolute atomic E-state index is 0.0451. The lowest BCUT2D eigenvalue weighted by Crippen LogP contribution is -2.42. The number of carbonyl (C=O) groups excluding carboxylic acids is 4. The summed E-state index contributed by atoms with van der Waals surface area (Å²) >= 11 is 3.26. The van der Waals surface area contributed by atoms with Gasteiger partial charge in [0.15, 0.2) is 0 Å². The third kappa shape index (κ3) is 4.10. The van der Waals surface area contributed by atoms with E-state index in [0.717, 1.165) is 4.90 Å². The van der Waals surface area contributed by atoms with Crippen molar-refractivity contribution in [1.29, 1.82) is 0 Å². The minimum Gasteiger partial charge on any atom is -0.449 e.